The molecule has 5 heavy (non-hydrogen) atoms. The minimum absolute atomic E-state index is 0. The smallest absolute Gasteiger partial charge is 0 e. The molecule has 30 valence electrons. The molecule has 0 aromatic carbocycles. The summed E-state index contributed by atoms with van der Waals surface area (Å²) in [7, 11) is 0. The Hall–Kier alpha value is 2.67. The van der Waals surface area contributed by atoms with Crippen LogP contribution in [0.3, 0.4) is 0 Å². The largest absolute Gasteiger partial charge is 0.412 e. The van der Waals surface area contributed by atoms with Crippen LogP contribution in [0.2, 0.25) is 0 Å². The maximum atomic E-state index is 0. The third-order valence-electron chi connectivity index (χ3n) is 0. The van der Waals surface area contributed by atoms with Crippen LogP contribution in [0.15, 0.2) is 0 Å². The van der Waals surface area contributed by atoms with Gasteiger partial charge in [0.1, 0.15) is 0 Å². The van der Waals surface area contributed by atoms with Gasteiger partial charge in [0.2, 0.25) is 0 Å². The first kappa shape index (κ1) is 47.8. The molecule has 0 heterocycles. The molecule has 0 aromatic rings. The Morgan fingerprint density at radius 2 is 0.600 bits per heavy atom. The van der Waals surface area contributed by atoms with Gasteiger partial charge in [-0.05, 0) is 0 Å². The van der Waals surface area contributed by atoms with Gasteiger partial charge in [0, 0.05) is 91.3 Å². The van der Waals surface area contributed by atoms with Crippen molar-refractivity contribution < 1.29 is 38.8 Å². The summed E-state index contributed by atoms with van der Waals surface area (Å²) in [4.78, 5) is 0. The van der Waals surface area contributed by atoms with Crippen LogP contribution in [-0.2, 0) is 22.4 Å². The van der Waals surface area contributed by atoms with Crippen molar-refractivity contribution in [2.75, 3.05) is 0 Å². The van der Waals surface area contributed by atoms with Crippen LogP contribution in [0.4, 0.5) is 0 Å². The fourth-order valence-corrected chi connectivity index (χ4v) is 0. The normalized spacial score (nSPS) is 0. The molecule has 0 saturated heterocycles. The molecule has 0 unspecified atom stereocenters. The third kappa shape index (κ3) is 20.4. The van der Waals surface area contributed by atoms with Crippen LogP contribution in [0.5, 0.6) is 0 Å². The van der Waals surface area contributed by atoms with Crippen LogP contribution in [-0.4, -0.2) is 85.3 Å². The van der Waals surface area contributed by atoms with E-state index in [1.54, 1.807) is 0 Å². The average molecular weight is 280 g/mol. The Bertz CT molecular complexity index is 6.85. The molecule has 0 amide bonds. The molecular formula is H6CsNbO3. The molecule has 0 saturated carbocycles. The van der Waals surface area contributed by atoms with Crippen molar-refractivity contribution in [2.24, 2.45) is 0 Å². The van der Waals surface area contributed by atoms with Gasteiger partial charge >= 0.3 is 0 Å². The van der Waals surface area contributed by atoms with Crippen molar-refractivity contribution in [1.82, 2.24) is 0 Å². The molecule has 2 radical (unpaired) electrons. The molecule has 0 aliphatic heterocycles. The van der Waals surface area contributed by atoms with Gasteiger partial charge in [0.05, 0.1) is 0 Å². The molecule has 0 rings (SSSR count). The van der Waals surface area contributed by atoms with Gasteiger partial charge in [-0.3, -0.25) is 0 Å². The Balaban J connectivity index is 0. The van der Waals surface area contributed by atoms with Gasteiger partial charge in [0.25, 0.3) is 0 Å². The number of hydrogen-bond donors (Lipinski definition) is 0. The summed E-state index contributed by atoms with van der Waals surface area (Å²) in [5, 5.41) is 0. The fraction of sp³-hybridized carbons (Fsp3) is 0. The van der Waals surface area contributed by atoms with E-state index in [4.69, 9.17) is 0 Å². The van der Waals surface area contributed by atoms with E-state index in [0.717, 1.165) is 0 Å². The van der Waals surface area contributed by atoms with Crippen LogP contribution in [0.1, 0.15) is 0 Å². The van der Waals surface area contributed by atoms with Crippen molar-refractivity contribution >= 4 is 68.9 Å². The maximum absolute atomic E-state index is 0. The summed E-state index contributed by atoms with van der Waals surface area (Å²) in [5.41, 5.74) is 0. The first-order valence-electron chi connectivity index (χ1n) is 0. The second kappa shape index (κ2) is 30.1. The Morgan fingerprint density at radius 1 is 0.600 bits per heavy atom. The summed E-state index contributed by atoms with van der Waals surface area (Å²) in [5.74, 6) is 0. The zero-order valence-corrected chi connectivity index (χ0v) is 11.4. The molecule has 0 spiro atoms. The molecule has 0 aromatic heterocycles. The Labute approximate surface area is 105 Å². The molecule has 0 bridgehead atoms. The fourth-order valence-electron chi connectivity index (χ4n) is 0. The molecular weight excluding hydrogens is 274 g/mol. The van der Waals surface area contributed by atoms with E-state index < -0.39 is 0 Å². The van der Waals surface area contributed by atoms with Crippen molar-refractivity contribution in [2.45, 2.75) is 0 Å². The molecule has 3 nitrogen and oxygen atoms in total. The van der Waals surface area contributed by atoms with Crippen molar-refractivity contribution in [1.29, 1.82) is 0 Å². The SMILES string of the molecule is O.O.O.[Cs].[Nb]. The van der Waals surface area contributed by atoms with Gasteiger partial charge in [-0.25, -0.2) is 0 Å². The zero-order valence-electron chi connectivity index (χ0n) is 2.95. The minimum atomic E-state index is 0. The standard InChI is InChI=1S/Cs.Nb.3H2O/h;;3*1H2. The molecule has 6 N–H and O–H groups in total. The van der Waals surface area contributed by atoms with Crippen LogP contribution in [0.25, 0.3) is 0 Å². The summed E-state index contributed by atoms with van der Waals surface area (Å²) in [6.45, 7) is 0. The second-order valence-corrected chi connectivity index (χ2v) is 0. The van der Waals surface area contributed by atoms with E-state index in [9.17, 15) is 0 Å². The zero-order chi connectivity index (χ0) is 0. The maximum Gasteiger partial charge on any atom is 0 e. The van der Waals surface area contributed by atoms with Gasteiger partial charge in [-0.15, -0.1) is 0 Å². The summed E-state index contributed by atoms with van der Waals surface area (Å²) in [6, 6.07) is 0. The molecule has 0 atom stereocenters. The predicted molar refractivity (Wildman–Crippen MR) is 16.6 cm³/mol. The topological polar surface area (TPSA) is 94.5 Å². The predicted octanol–water partition coefficient (Wildman–Crippen LogP) is -2.86. The van der Waals surface area contributed by atoms with Gasteiger partial charge in [-0.2, -0.15) is 0 Å². The van der Waals surface area contributed by atoms with E-state index in [1.165, 1.54) is 0 Å². The summed E-state index contributed by atoms with van der Waals surface area (Å²) >= 11 is 0. The Kier molecular flexibility index (Phi) is 288. The molecule has 5 heteroatoms. The van der Waals surface area contributed by atoms with Crippen molar-refractivity contribution in [3.05, 3.63) is 0 Å². The van der Waals surface area contributed by atoms with Crippen LogP contribution >= 0.6 is 0 Å². The average Bonchev–Trinajstić information content (AvgIpc) is 0. The van der Waals surface area contributed by atoms with Crippen molar-refractivity contribution in [3.8, 4) is 0 Å². The van der Waals surface area contributed by atoms with Crippen LogP contribution < -0.4 is 0 Å². The summed E-state index contributed by atoms with van der Waals surface area (Å²) < 4.78 is 0. The first-order valence-corrected chi connectivity index (χ1v) is 0. The third-order valence-corrected chi connectivity index (χ3v) is 0. The van der Waals surface area contributed by atoms with E-state index in [2.05, 4.69) is 0 Å². The Morgan fingerprint density at radius 3 is 0.600 bits per heavy atom. The molecule has 0 aliphatic rings. The van der Waals surface area contributed by atoms with Crippen LogP contribution in [0, 0.1) is 0 Å². The van der Waals surface area contributed by atoms with Gasteiger partial charge < -0.3 is 16.4 Å². The molecule has 0 fully saturated rings. The van der Waals surface area contributed by atoms with E-state index in [1.807, 2.05) is 0 Å². The number of rotatable bonds is 0. The van der Waals surface area contributed by atoms with Gasteiger partial charge in [0.15, 0.2) is 0 Å². The van der Waals surface area contributed by atoms with E-state index in [-0.39, 0.29) is 108 Å². The monoisotopic (exact) mass is 280 g/mol. The second-order valence-electron chi connectivity index (χ2n) is 0. The number of hydrogen-bond acceptors (Lipinski definition) is 0. The van der Waals surface area contributed by atoms with E-state index in [0.29, 0.717) is 0 Å². The summed E-state index contributed by atoms with van der Waals surface area (Å²) in [6.07, 6.45) is 0. The quantitative estimate of drug-likeness (QED) is 0.427. The van der Waals surface area contributed by atoms with E-state index >= 15 is 0 Å². The first-order chi connectivity index (χ1) is 0. The molecule has 0 aliphatic carbocycles. The minimum Gasteiger partial charge on any atom is -0.412 e. The van der Waals surface area contributed by atoms with Gasteiger partial charge in [-0.1, -0.05) is 0 Å². The van der Waals surface area contributed by atoms with Crippen molar-refractivity contribution in [3.63, 3.8) is 0 Å².